The second kappa shape index (κ2) is 8.95. The molecule has 7 heteroatoms. The summed E-state index contributed by atoms with van der Waals surface area (Å²) in [6.45, 7) is 0. The van der Waals surface area contributed by atoms with Crippen LogP contribution in [0.3, 0.4) is 0 Å². The van der Waals surface area contributed by atoms with Crippen molar-refractivity contribution >= 4 is 35.3 Å². The van der Waals surface area contributed by atoms with E-state index in [-0.39, 0.29) is 0 Å². The first kappa shape index (κ1) is 19.9. The summed E-state index contributed by atoms with van der Waals surface area (Å²) in [5, 5.41) is 11.9. The lowest BCUT2D eigenvalue weighted by Crippen LogP contribution is -2.18. The average molecular weight is 435 g/mol. The van der Waals surface area contributed by atoms with Gasteiger partial charge in [0.15, 0.2) is 0 Å². The Bertz CT molecular complexity index is 1200. The molecule has 0 aliphatic carbocycles. The van der Waals surface area contributed by atoms with Crippen LogP contribution in [0, 0.1) is 0 Å². The van der Waals surface area contributed by atoms with Gasteiger partial charge in [0.25, 0.3) is 5.91 Å². The molecule has 4 rings (SSSR count). The van der Waals surface area contributed by atoms with E-state index in [1.54, 1.807) is 24.3 Å². The standard InChI is InChI=1S/C23H16Cl2N4O/c24-19-11-10-18(20(25)12-19)14-26-29-23(30)22-13-21(27-28-22)17-8-6-16(7-9-17)15-4-2-1-3-5-15/h1-14H,(H,27,28)(H,29,30)/b26-14-. The molecule has 0 fully saturated rings. The monoisotopic (exact) mass is 434 g/mol. The molecule has 1 aromatic heterocycles. The minimum atomic E-state index is -0.406. The quantitative estimate of drug-likeness (QED) is 0.307. The van der Waals surface area contributed by atoms with Gasteiger partial charge in [-0.2, -0.15) is 10.2 Å². The lowest BCUT2D eigenvalue weighted by Gasteiger charge is -2.02. The zero-order valence-electron chi connectivity index (χ0n) is 15.6. The molecule has 0 atom stereocenters. The maximum atomic E-state index is 12.3. The Kier molecular flexibility index (Phi) is 5.93. The van der Waals surface area contributed by atoms with E-state index in [2.05, 4.69) is 32.9 Å². The normalized spacial score (nSPS) is 11.0. The summed E-state index contributed by atoms with van der Waals surface area (Å²) in [5.41, 5.74) is 7.23. The molecule has 5 nitrogen and oxygen atoms in total. The van der Waals surface area contributed by atoms with E-state index in [9.17, 15) is 4.79 Å². The Morgan fingerprint density at radius 3 is 2.33 bits per heavy atom. The van der Waals surface area contributed by atoms with Gasteiger partial charge in [0.2, 0.25) is 0 Å². The number of aromatic amines is 1. The zero-order valence-corrected chi connectivity index (χ0v) is 17.2. The molecule has 1 amide bonds. The Morgan fingerprint density at radius 2 is 1.60 bits per heavy atom. The van der Waals surface area contributed by atoms with Crippen LogP contribution in [0.5, 0.6) is 0 Å². The lowest BCUT2D eigenvalue weighted by molar-refractivity contribution is 0.0950. The molecule has 148 valence electrons. The summed E-state index contributed by atoms with van der Waals surface area (Å²) < 4.78 is 0. The highest BCUT2D eigenvalue weighted by Crippen LogP contribution is 2.24. The molecule has 3 aromatic carbocycles. The summed E-state index contributed by atoms with van der Waals surface area (Å²) in [4.78, 5) is 12.3. The SMILES string of the molecule is O=C(N/N=C\c1ccc(Cl)cc1Cl)c1cc(-c2ccc(-c3ccccc3)cc2)n[nH]1. The van der Waals surface area contributed by atoms with Gasteiger partial charge in [0.1, 0.15) is 5.69 Å². The van der Waals surface area contributed by atoms with Crippen LogP contribution < -0.4 is 5.43 Å². The summed E-state index contributed by atoms with van der Waals surface area (Å²) in [5.74, 6) is -0.406. The molecule has 4 aromatic rings. The fourth-order valence-corrected chi connectivity index (χ4v) is 3.33. The van der Waals surface area contributed by atoms with Crippen molar-refractivity contribution in [2.24, 2.45) is 5.10 Å². The highest BCUT2D eigenvalue weighted by Gasteiger charge is 2.11. The number of hydrazone groups is 1. The largest absolute Gasteiger partial charge is 0.289 e. The molecule has 30 heavy (non-hydrogen) atoms. The van der Waals surface area contributed by atoms with E-state index in [0.29, 0.717) is 27.0 Å². The molecule has 2 N–H and O–H groups in total. The summed E-state index contributed by atoms with van der Waals surface area (Å²) in [6, 6.07) is 24.8. The second-order valence-corrected chi connectivity index (χ2v) is 7.32. The third kappa shape index (κ3) is 4.59. The fourth-order valence-electron chi connectivity index (χ4n) is 2.88. The van der Waals surface area contributed by atoms with Crippen molar-refractivity contribution in [1.82, 2.24) is 15.6 Å². The van der Waals surface area contributed by atoms with Gasteiger partial charge >= 0.3 is 0 Å². The second-order valence-electron chi connectivity index (χ2n) is 6.48. The van der Waals surface area contributed by atoms with Crippen LogP contribution >= 0.6 is 23.2 Å². The molecule has 0 unspecified atom stereocenters. The topological polar surface area (TPSA) is 70.1 Å². The number of nitrogens with one attached hydrogen (secondary N) is 2. The van der Waals surface area contributed by atoms with Crippen LogP contribution in [0.15, 0.2) is 84.0 Å². The van der Waals surface area contributed by atoms with Gasteiger partial charge in [-0.05, 0) is 29.3 Å². The van der Waals surface area contributed by atoms with Crippen LogP contribution in [0.25, 0.3) is 22.4 Å². The van der Waals surface area contributed by atoms with Crippen molar-refractivity contribution in [3.05, 3.63) is 100 Å². The molecular formula is C23H16Cl2N4O. The van der Waals surface area contributed by atoms with Gasteiger partial charge < -0.3 is 0 Å². The maximum absolute atomic E-state index is 12.3. The van der Waals surface area contributed by atoms with Crippen LogP contribution in [0.1, 0.15) is 16.1 Å². The predicted octanol–water partition coefficient (Wildman–Crippen LogP) is 5.81. The van der Waals surface area contributed by atoms with E-state index in [4.69, 9.17) is 23.2 Å². The molecule has 0 radical (unpaired) electrons. The lowest BCUT2D eigenvalue weighted by atomic mass is 10.0. The van der Waals surface area contributed by atoms with Crippen molar-refractivity contribution in [3.8, 4) is 22.4 Å². The Balaban J connectivity index is 1.43. The van der Waals surface area contributed by atoms with Crippen LogP contribution in [-0.2, 0) is 0 Å². The summed E-state index contributed by atoms with van der Waals surface area (Å²) >= 11 is 11.9. The predicted molar refractivity (Wildman–Crippen MR) is 121 cm³/mol. The van der Waals surface area contributed by atoms with Crippen LogP contribution in [-0.4, -0.2) is 22.3 Å². The number of hydrogen-bond donors (Lipinski definition) is 2. The molecule has 0 aliphatic heterocycles. The number of carbonyl (C=O) groups is 1. The van der Waals surface area contributed by atoms with Crippen LogP contribution in [0.2, 0.25) is 10.0 Å². The van der Waals surface area contributed by atoms with Gasteiger partial charge in [0.05, 0.1) is 16.9 Å². The number of halogens is 2. The molecule has 0 saturated carbocycles. The smallest absolute Gasteiger partial charge is 0.272 e. The van der Waals surface area contributed by atoms with Gasteiger partial charge in [0, 0.05) is 16.1 Å². The number of rotatable bonds is 5. The third-order valence-corrected chi connectivity index (χ3v) is 5.00. The van der Waals surface area contributed by atoms with Gasteiger partial charge in [-0.25, -0.2) is 5.43 Å². The van der Waals surface area contributed by atoms with Crippen LogP contribution in [0.4, 0.5) is 0 Å². The van der Waals surface area contributed by atoms with E-state index in [1.165, 1.54) is 6.21 Å². The number of hydrogen-bond acceptors (Lipinski definition) is 3. The summed E-state index contributed by atoms with van der Waals surface area (Å²) in [6.07, 6.45) is 1.45. The number of H-pyrrole nitrogens is 1. The van der Waals surface area contributed by atoms with E-state index < -0.39 is 5.91 Å². The van der Waals surface area contributed by atoms with Crippen molar-refractivity contribution in [3.63, 3.8) is 0 Å². The highest BCUT2D eigenvalue weighted by atomic mass is 35.5. The molecule has 1 heterocycles. The highest BCUT2D eigenvalue weighted by molar-refractivity contribution is 6.36. The Labute approximate surface area is 183 Å². The zero-order chi connectivity index (χ0) is 20.9. The number of amides is 1. The van der Waals surface area contributed by atoms with Gasteiger partial charge in [-0.1, -0.05) is 83.9 Å². The fraction of sp³-hybridized carbons (Fsp3) is 0. The molecule has 0 bridgehead atoms. The number of aromatic nitrogens is 2. The minimum Gasteiger partial charge on any atom is -0.272 e. The first-order valence-electron chi connectivity index (χ1n) is 9.10. The van der Waals surface area contributed by atoms with E-state index in [0.717, 1.165) is 16.7 Å². The average Bonchev–Trinajstić information content (AvgIpc) is 3.26. The first-order chi connectivity index (χ1) is 14.6. The van der Waals surface area contributed by atoms with Gasteiger partial charge in [-0.3, -0.25) is 9.89 Å². The molecular weight excluding hydrogens is 419 g/mol. The van der Waals surface area contributed by atoms with E-state index >= 15 is 0 Å². The number of benzene rings is 3. The van der Waals surface area contributed by atoms with E-state index in [1.807, 2.05) is 42.5 Å². The number of nitrogens with zero attached hydrogens (tertiary/aromatic N) is 2. The summed E-state index contributed by atoms with van der Waals surface area (Å²) in [7, 11) is 0. The molecule has 0 aliphatic rings. The molecule has 0 spiro atoms. The number of carbonyl (C=O) groups excluding carboxylic acids is 1. The van der Waals surface area contributed by atoms with Crippen molar-refractivity contribution in [2.45, 2.75) is 0 Å². The van der Waals surface area contributed by atoms with Crippen molar-refractivity contribution in [1.29, 1.82) is 0 Å². The Morgan fingerprint density at radius 1 is 0.900 bits per heavy atom. The minimum absolute atomic E-state index is 0.302. The van der Waals surface area contributed by atoms with Gasteiger partial charge in [-0.15, -0.1) is 0 Å². The van der Waals surface area contributed by atoms with Crippen molar-refractivity contribution in [2.75, 3.05) is 0 Å². The Hall–Kier alpha value is -3.41. The van der Waals surface area contributed by atoms with Crippen molar-refractivity contribution < 1.29 is 4.79 Å². The maximum Gasteiger partial charge on any atom is 0.289 e. The first-order valence-corrected chi connectivity index (χ1v) is 9.85. The third-order valence-electron chi connectivity index (χ3n) is 4.44. The molecule has 0 saturated heterocycles.